The van der Waals surface area contributed by atoms with Crippen LogP contribution < -0.4 is 19.6 Å². The third-order valence-electron chi connectivity index (χ3n) is 4.01. The van der Waals surface area contributed by atoms with Crippen LogP contribution >= 0.6 is 0 Å². The molecule has 0 saturated heterocycles. The first-order valence-electron chi connectivity index (χ1n) is 8.25. The van der Waals surface area contributed by atoms with E-state index in [0.717, 1.165) is 11.3 Å². The number of rotatable bonds is 6. The number of carbonyl (C=O) groups excluding carboxylic acids is 1. The molecule has 0 fully saturated rings. The summed E-state index contributed by atoms with van der Waals surface area (Å²) >= 11 is 0. The first kappa shape index (κ1) is 19.5. The number of fused-ring (bicyclic) bond motifs is 1. The molecule has 1 aliphatic heterocycles. The number of hydrogen-bond acceptors (Lipinski definition) is 6. The second-order valence-corrected chi connectivity index (χ2v) is 7.76. The molecule has 0 aliphatic carbocycles. The van der Waals surface area contributed by atoms with Gasteiger partial charge in [0.2, 0.25) is 10.0 Å². The van der Waals surface area contributed by atoms with Gasteiger partial charge >= 0.3 is 0 Å². The van der Waals surface area contributed by atoms with Gasteiger partial charge in [0.15, 0.2) is 11.5 Å². The number of anilines is 1. The van der Waals surface area contributed by atoms with Gasteiger partial charge in [0.05, 0.1) is 18.9 Å². The number of nitrogens with zero attached hydrogens (tertiary/aromatic N) is 1. The number of hydrogen-bond donors (Lipinski definition) is 2. The van der Waals surface area contributed by atoms with Gasteiger partial charge in [-0.2, -0.15) is 0 Å². The number of methoxy groups -OCH3 is 1. The Morgan fingerprint density at radius 2 is 2.00 bits per heavy atom. The van der Waals surface area contributed by atoms with Crippen molar-refractivity contribution < 1.29 is 22.7 Å². The fraction of sp³-hybridized carbons (Fsp3) is 0.211. The van der Waals surface area contributed by atoms with Crippen molar-refractivity contribution in [2.45, 2.75) is 6.17 Å². The van der Waals surface area contributed by atoms with Crippen LogP contribution in [0.25, 0.3) is 0 Å². The molecule has 0 unspecified atom stereocenters. The minimum Gasteiger partial charge on any atom is -0.493 e. The van der Waals surface area contributed by atoms with E-state index in [-0.39, 0.29) is 6.61 Å². The summed E-state index contributed by atoms with van der Waals surface area (Å²) in [5.41, 5.74) is 1.54. The summed E-state index contributed by atoms with van der Waals surface area (Å²) in [5, 5.41) is 4.22. The zero-order valence-corrected chi connectivity index (χ0v) is 16.1. The van der Waals surface area contributed by atoms with Gasteiger partial charge in [-0.15, -0.1) is 11.3 Å². The van der Waals surface area contributed by atoms with Crippen LogP contribution in [0.15, 0.2) is 42.5 Å². The van der Waals surface area contributed by atoms with Crippen molar-refractivity contribution in [1.29, 1.82) is 0 Å². The van der Waals surface area contributed by atoms with Crippen LogP contribution in [0.2, 0.25) is 0 Å². The molecule has 8 nitrogen and oxygen atoms in total. The number of para-hydroxylation sites is 1. The van der Waals surface area contributed by atoms with E-state index in [9.17, 15) is 13.2 Å². The highest BCUT2D eigenvalue weighted by molar-refractivity contribution is 7.88. The average Bonchev–Trinajstić information content (AvgIpc) is 2.67. The summed E-state index contributed by atoms with van der Waals surface area (Å²) in [6.07, 6.45) is 5.40. The normalized spacial score (nSPS) is 16.0. The van der Waals surface area contributed by atoms with Gasteiger partial charge < -0.3 is 14.8 Å². The fourth-order valence-corrected chi connectivity index (χ4v) is 3.40. The maximum Gasteiger partial charge on any atom is 0.273 e. The number of amides is 1. The monoisotopic (exact) mass is 401 g/mol. The molecule has 146 valence electrons. The predicted molar refractivity (Wildman–Crippen MR) is 104 cm³/mol. The number of nitrogens with one attached hydrogen (secondary N) is 2. The van der Waals surface area contributed by atoms with E-state index in [2.05, 4.69) is 16.1 Å². The third kappa shape index (κ3) is 4.03. The van der Waals surface area contributed by atoms with Crippen LogP contribution in [0.1, 0.15) is 22.1 Å². The lowest BCUT2D eigenvalue weighted by Crippen LogP contribution is -2.52. The molecule has 2 aromatic carbocycles. The van der Waals surface area contributed by atoms with E-state index in [0.29, 0.717) is 28.3 Å². The van der Waals surface area contributed by atoms with Gasteiger partial charge in [-0.1, -0.05) is 24.1 Å². The number of carbonyl (C=O) groups is 1. The van der Waals surface area contributed by atoms with Crippen LogP contribution in [0.4, 0.5) is 5.69 Å². The maximum atomic E-state index is 12.9. The molecule has 1 heterocycles. The molecule has 3 rings (SSSR count). The van der Waals surface area contributed by atoms with Crippen molar-refractivity contribution in [3.05, 3.63) is 53.6 Å². The second-order valence-electron chi connectivity index (χ2n) is 6.03. The van der Waals surface area contributed by atoms with E-state index in [1.807, 2.05) is 0 Å². The van der Waals surface area contributed by atoms with Crippen LogP contribution in [0, 0.1) is 12.3 Å². The SMILES string of the molecule is C#CCOc1ccc([C@H]2Nc3ccccc3C(=O)N2NS(C)(=O)=O)cc1OC. The van der Waals surface area contributed by atoms with E-state index in [1.165, 1.54) is 7.11 Å². The van der Waals surface area contributed by atoms with Crippen molar-refractivity contribution in [3.63, 3.8) is 0 Å². The van der Waals surface area contributed by atoms with Crippen molar-refractivity contribution in [3.8, 4) is 23.8 Å². The highest BCUT2D eigenvalue weighted by atomic mass is 32.2. The largest absolute Gasteiger partial charge is 0.493 e. The molecule has 1 aliphatic rings. The molecule has 28 heavy (non-hydrogen) atoms. The minimum absolute atomic E-state index is 0.0744. The Balaban J connectivity index is 2.04. The van der Waals surface area contributed by atoms with E-state index in [4.69, 9.17) is 15.9 Å². The summed E-state index contributed by atoms with van der Waals surface area (Å²) in [7, 11) is -2.22. The third-order valence-corrected chi connectivity index (χ3v) is 4.53. The van der Waals surface area contributed by atoms with Crippen LogP contribution in [-0.4, -0.2) is 39.3 Å². The Bertz CT molecular complexity index is 1050. The summed E-state index contributed by atoms with van der Waals surface area (Å²) in [6, 6.07) is 11.9. The van der Waals surface area contributed by atoms with Crippen molar-refractivity contribution in [2.75, 3.05) is 25.3 Å². The highest BCUT2D eigenvalue weighted by Gasteiger charge is 2.35. The molecule has 0 radical (unpaired) electrons. The zero-order valence-electron chi connectivity index (χ0n) is 15.3. The summed E-state index contributed by atoms with van der Waals surface area (Å²) in [6.45, 7) is 0.0744. The van der Waals surface area contributed by atoms with Crippen molar-refractivity contribution in [1.82, 2.24) is 9.84 Å². The molecule has 1 amide bonds. The summed E-state index contributed by atoms with van der Waals surface area (Å²) in [4.78, 5) is 15.2. The average molecular weight is 401 g/mol. The van der Waals surface area contributed by atoms with Gasteiger partial charge in [0.1, 0.15) is 12.8 Å². The summed E-state index contributed by atoms with van der Waals surface area (Å²) in [5.74, 6) is 2.74. The molecule has 0 spiro atoms. The van der Waals surface area contributed by atoms with Gasteiger partial charge in [0, 0.05) is 5.69 Å². The standard InChI is InChI=1S/C19H19N3O5S/c1-4-11-27-16-10-9-13(12-17(16)26-2)18-20-15-8-6-5-7-14(15)19(23)22(18)21-28(3,24)25/h1,5-10,12,18,20-21H,11H2,2-3H3/t18-/m0/s1. The molecule has 2 N–H and O–H groups in total. The lowest BCUT2D eigenvalue weighted by Gasteiger charge is -2.37. The molecule has 0 saturated carbocycles. The lowest BCUT2D eigenvalue weighted by molar-refractivity contribution is 0.0633. The molecular weight excluding hydrogens is 382 g/mol. The van der Waals surface area contributed by atoms with Crippen LogP contribution in [0.5, 0.6) is 11.5 Å². The van der Waals surface area contributed by atoms with Gasteiger partial charge in [-0.05, 0) is 29.8 Å². The fourth-order valence-electron chi connectivity index (χ4n) is 2.85. The zero-order chi connectivity index (χ0) is 20.3. The Morgan fingerprint density at radius 1 is 1.25 bits per heavy atom. The minimum atomic E-state index is -3.70. The van der Waals surface area contributed by atoms with E-state index >= 15 is 0 Å². The second kappa shape index (κ2) is 7.80. The smallest absolute Gasteiger partial charge is 0.273 e. The number of hydrazine groups is 1. The molecule has 0 bridgehead atoms. The molecule has 0 aromatic heterocycles. The Hall–Kier alpha value is -3.22. The quantitative estimate of drug-likeness (QED) is 0.716. The lowest BCUT2D eigenvalue weighted by atomic mass is 10.0. The number of ether oxygens (including phenoxy) is 2. The molecule has 1 atom stereocenters. The Morgan fingerprint density at radius 3 is 2.68 bits per heavy atom. The Kier molecular flexibility index (Phi) is 5.44. The van der Waals surface area contributed by atoms with Gasteiger partial charge in [-0.3, -0.25) is 4.79 Å². The van der Waals surface area contributed by atoms with Crippen LogP contribution in [0.3, 0.4) is 0 Å². The van der Waals surface area contributed by atoms with Gasteiger partial charge in [0.25, 0.3) is 5.91 Å². The van der Waals surface area contributed by atoms with Crippen molar-refractivity contribution in [2.24, 2.45) is 0 Å². The number of terminal acetylenes is 1. The number of sulfonamides is 1. The van der Waals surface area contributed by atoms with E-state index in [1.54, 1.807) is 42.5 Å². The highest BCUT2D eigenvalue weighted by Crippen LogP contribution is 2.36. The predicted octanol–water partition coefficient (Wildman–Crippen LogP) is 1.74. The first-order chi connectivity index (χ1) is 13.3. The van der Waals surface area contributed by atoms with Crippen LogP contribution in [-0.2, 0) is 10.0 Å². The molecular formula is C19H19N3O5S. The Labute approximate surface area is 163 Å². The topological polar surface area (TPSA) is 97.0 Å². The first-order valence-corrected chi connectivity index (χ1v) is 10.1. The van der Waals surface area contributed by atoms with Gasteiger partial charge in [-0.25, -0.2) is 13.4 Å². The maximum absolute atomic E-state index is 12.9. The summed E-state index contributed by atoms with van der Waals surface area (Å²) < 4.78 is 34.4. The number of benzene rings is 2. The van der Waals surface area contributed by atoms with Crippen molar-refractivity contribution >= 4 is 21.6 Å². The van der Waals surface area contributed by atoms with E-state index < -0.39 is 22.1 Å². The molecule has 9 heteroatoms. The molecule has 2 aromatic rings.